The van der Waals surface area contributed by atoms with Gasteiger partial charge in [-0.2, -0.15) is 13.5 Å². The lowest BCUT2D eigenvalue weighted by Crippen LogP contribution is -2.04. The Kier molecular flexibility index (Phi) is 3.49. The summed E-state index contributed by atoms with van der Waals surface area (Å²) in [6.07, 6.45) is 0.191. The summed E-state index contributed by atoms with van der Waals surface area (Å²) in [5.41, 5.74) is 2.52. The number of hydrogen-bond acceptors (Lipinski definition) is 3. The van der Waals surface area contributed by atoms with E-state index in [0.29, 0.717) is 0 Å². The lowest BCUT2D eigenvalue weighted by Gasteiger charge is -2.00. The molecule has 0 saturated heterocycles. The second-order valence-electron chi connectivity index (χ2n) is 3.46. The Morgan fingerprint density at radius 2 is 2.00 bits per heavy atom. The van der Waals surface area contributed by atoms with Crippen LogP contribution in [-0.4, -0.2) is 24.0 Å². The number of halogens is 1. The van der Waals surface area contributed by atoms with Crippen LogP contribution in [0, 0.1) is 13.8 Å². The summed E-state index contributed by atoms with van der Waals surface area (Å²) in [4.78, 5) is 0. The molecule has 0 aliphatic rings. The zero-order chi connectivity index (χ0) is 11.6. The Labute approximate surface area is 89.3 Å². The first-order chi connectivity index (χ1) is 6.85. The average Bonchev–Trinajstić information content (AvgIpc) is 2.37. The molecule has 0 aliphatic heterocycles. The third kappa shape index (κ3) is 3.02. The summed E-state index contributed by atoms with van der Waals surface area (Å²) >= 11 is 0. The number of nitrogens with zero attached hydrogens (tertiary/aromatic N) is 2. The average molecular weight is 234 g/mol. The fourth-order valence-electron chi connectivity index (χ4n) is 1.63. The third-order valence-electron chi connectivity index (χ3n) is 2.43. The van der Waals surface area contributed by atoms with Gasteiger partial charge in [0.05, 0.1) is 11.4 Å². The van der Waals surface area contributed by atoms with Crippen LogP contribution in [0.3, 0.4) is 0 Å². The molecule has 0 aromatic carbocycles. The van der Waals surface area contributed by atoms with Crippen molar-refractivity contribution in [3.8, 4) is 0 Å². The van der Waals surface area contributed by atoms with Crippen molar-refractivity contribution < 1.29 is 12.3 Å². The molecule has 6 heteroatoms. The van der Waals surface area contributed by atoms with Crippen molar-refractivity contribution in [3.05, 3.63) is 17.0 Å². The second kappa shape index (κ2) is 4.30. The molecule has 0 saturated carbocycles. The fourth-order valence-corrected chi connectivity index (χ4v) is 2.08. The first-order valence-electron chi connectivity index (χ1n) is 4.80. The molecule has 1 aromatic heterocycles. The SMILES string of the molecule is CCn1nc(C)c(CCS(=O)(=O)F)c1C. The van der Waals surface area contributed by atoms with Gasteiger partial charge in [-0.3, -0.25) is 4.68 Å². The van der Waals surface area contributed by atoms with Crippen LogP contribution >= 0.6 is 0 Å². The highest BCUT2D eigenvalue weighted by atomic mass is 32.3. The van der Waals surface area contributed by atoms with Gasteiger partial charge in [-0.1, -0.05) is 0 Å². The van der Waals surface area contributed by atoms with E-state index >= 15 is 0 Å². The van der Waals surface area contributed by atoms with E-state index in [1.165, 1.54) is 0 Å². The predicted octanol–water partition coefficient (Wildman–Crippen LogP) is 1.36. The van der Waals surface area contributed by atoms with Crippen LogP contribution in [0.5, 0.6) is 0 Å². The maximum absolute atomic E-state index is 12.4. The molecule has 0 aliphatic carbocycles. The van der Waals surface area contributed by atoms with E-state index in [1.54, 1.807) is 11.6 Å². The van der Waals surface area contributed by atoms with E-state index in [0.717, 1.165) is 23.5 Å². The van der Waals surface area contributed by atoms with Crippen LogP contribution in [-0.2, 0) is 23.2 Å². The number of hydrogen-bond donors (Lipinski definition) is 0. The van der Waals surface area contributed by atoms with Crippen molar-refractivity contribution in [2.75, 3.05) is 5.75 Å². The molecule has 0 spiro atoms. The molecule has 15 heavy (non-hydrogen) atoms. The maximum Gasteiger partial charge on any atom is 0.302 e. The molecule has 0 fully saturated rings. The second-order valence-corrected chi connectivity index (χ2v) is 4.94. The van der Waals surface area contributed by atoms with Crippen molar-refractivity contribution in [2.24, 2.45) is 0 Å². The molecule has 1 heterocycles. The smallest absolute Gasteiger partial charge is 0.270 e. The predicted molar refractivity (Wildman–Crippen MR) is 56.0 cm³/mol. The summed E-state index contributed by atoms with van der Waals surface area (Å²) in [6.45, 7) is 6.35. The van der Waals surface area contributed by atoms with Crippen LogP contribution < -0.4 is 0 Å². The van der Waals surface area contributed by atoms with Gasteiger partial charge in [0.25, 0.3) is 0 Å². The van der Waals surface area contributed by atoms with Gasteiger partial charge in [-0.05, 0) is 32.8 Å². The van der Waals surface area contributed by atoms with Crippen LogP contribution in [0.15, 0.2) is 0 Å². The summed E-state index contributed by atoms with van der Waals surface area (Å²) in [5, 5.41) is 4.23. The van der Waals surface area contributed by atoms with Crippen LogP contribution in [0.2, 0.25) is 0 Å². The summed E-state index contributed by atoms with van der Waals surface area (Å²) < 4.78 is 35.0. The largest absolute Gasteiger partial charge is 0.302 e. The molecule has 1 aromatic rings. The Hall–Kier alpha value is -0.910. The van der Waals surface area contributed by atoms with Crippen LogP contribution in [0.1, 0.15) is 23.9 Å². The van der Waals surface area contributed by atoms with Gasteiger partial charge < -0.3 is 0 Å². The molecule has 0 amide bonds. The monoisotopic (exact) mass is 234 g/mol. The summed E-state index contributed by atoms with van der Waals surface area (Å²) in [6, 6.07) is 0. The third-order valence-corrected chi connectivity index (χ3v) is 3.12. The molecule has 0 N–H and O–H groups in total. The zero-order valence-electron chi connectivity index (χ0n) is 9.12. The normalized spacial score (nSPS) is 12.0. The van der Waals surface area contributed by atoms with Gasteiger partial charge in [0.15, 0.2) is 0 Å². The number of aryl methyl sites for hydroxylation is 2. The molecule has 1 rings (SSSR count). The highest BCUT2D eigenvalue weighted by Gasteiger charge is 2.14. The summed E-state index contributed by atoms with van der Waals surface area (Å²) in [7, 11) is -4.39. The molecule has 0 bridgehead atoms. The van der Waals surface area contributed by atoms with Crippen LogP contribution in [0.25, 0.3) is 0 Å². The van der Waals surface area contributed by atoms with Crippen molar-refractivity contribution in [1.29, 1.82) is 0 Å². The minimum atomic E-state index is -4.39. The van der Waals surface area contributed by atoms with E-state index < -0.39 is 16.0 Å². The molecular formula is C9H15FN2O2S. The zero-order valence-corrected chi connectivity index (χ0v) is 9.93. The minimum absolute atomic E-state index is 0.191. The van der Waals surface area contributed by atoms with Gasteiger partial charge in [-0.25, -0.2) is 0 Å². The van der Waals surface area contributed by atoms with E-state index in [9.17, 15) is 12.3 Å². The molecule has 4 nitrogen and oxygen atoms in total. The number of aromatic nitrogens is 2. The molecule has 86 valence electrons. The van der Waals surface area contributed by atoms with Crippen molar-refractivity contribution in [1.82, 2.24) is 9.78 Å². The molecular weight excluding hydrogens is 219 g/mol. The highest BCUT2D eigenvalue weighted by molar-refractivity contribution is 7.86. The van der Waals surface area contributed by atoms with E-state index in [-0.39, 0.29) is 6.42 Å². The van der Waals surface area contributed by atoms with E-state index in [2.05, 4.69) is 5.10 Å². The molecule has 0 radical (unpaired) electrons. The maximum atomic E-state index is 12.4. The Bertz CT molecular complexity index is 451. The Morgan fingerprint density at radius 1 is 1.40 bits per heavy atom. The van der Waals surface area contributed by atoms with Crippen molar-refractivity contribution >= 4 is 10.2 Å². The Morgan fingerprint density at radius 3 is 2.40 bits per heavy atom. The van der Waals surface area contributed by atoms with Crippen LogP contribution in [0.4, 0.5) is 3.89 Å². The van der Waals surface area contributed by atoms with E-state index in [1.807, 2.05) is 13.8 Å². The molecule has 0 unspecified atom stereocenters. The van der Waals surface area contributed by atoms with Gasteiger partial charge in [0, 0.05) is 12.2 Å². The number of rotatable bonds is 4. The molecule has 0 atom stereocenters. The van der Waals surface area contributed by atoms with Gasteiger partial charge >= 0.3 is 10.2 Å². The van der Waals surface area contributed by atoms with Gasteiger partial charge in [0.1, 0.15) is 0 Å². The minimum Gasteiger partial charge on any atom is -0.270 e. The quantitative estimate of drug-likeness (QED) is 0.739. The lowest BCUT2D eigenvalue weighted by molar-refractivity contribution is 0.551. The Balaban J connectivity index is 2.90. The lowest BCUT2D eigenvalue weighted by atomic mass is 10.1. The van der Waals surface area contributed by atoms with Crippen molar-refractivity contribution in [3.63, 3.8) is 0 Å². The topological polar surface area (TPSA) is 52.0 Å². The van der Waals surface area contributed by atoms with Gasteiger partial charge in [0.2, 0.25) is 0 Å². The highest BCUT2D eigenvalue weighted by Crippen LogP contribution is 2.14. The van der Waals surface area contributed by atoms with E-state index in [4.69, 9.17) is 0 Å². The first-order valence-corrected chi connectivity index (χ1v) is 6.35. The van der Waals surface area contributed by atoms with Crippen molar-refractivity contribution in [2.45, 2.75) is 33.7 Å². The standard InChI is InChI=1S/C9H15FN2O2S/c1-4-12-8(3)9(7(2)11-12)5-6-15(10,13)14/h4-6H2,1-3H3. The fraction of sp³-hybridized carbons (Fsp3) is 0.667. The van der Waals surface area contributed by atoms with Gasteiger partial charge in [-0.15, -0.1) is 3.89 Å². The summed E-state index contributed by atoms with van der Waals surface area (Å²) in [5.74, 6) is -0.468. The first kappa shape index (κ1) is 12.2.